The van der Waals surface area contributed by atoms with Crippen LogP contribution in [-0.2, 0) is 12.8 Å². The molecule has 4 nitrogen and oxygen atoms in total. The fourth-order valence-electron chi connectivity index (χ4n) is 3.90. The standard InChI is InChI=1S/C28H40O4/c1-21-25(29)17-23(18-26(21)30)15-13-11-9-7-5-3-4-6-8-10-12-14-16-24-19-27(31)22(2)28(32)20-24/h3,5,17-20,29-32H,4,6-16H2,1-2H3/b5-3-. The zero-order valence-electron chi connectivity index (χ0n) is 19.7. The minimum atomic E-state index is 0.176. The first-order valence-corrected chi connectivity index (χ1v) is 12.1. The van der Waals surface area contributed by atoms with Gasteiger partial charge in [-0.2, -0.15) is 0 Å². The van der Waals surface area contributed by atoms with Crippen molar-refractivity contribution in [2.45, 2.75) is 90.9 Å². The highest BCUT2D eigenvalue weighted by atomic mass is 16.3. The lowest BCUT2D eigenvalue weighted by atomic mass is 10.0. The smallest absolute Gasteiger partial charge is 0.122 e. The Labute approximate surface area is 193 Å². The third-order valence-electron chi connectivity index (χ3n) is 6.16. The Kier molecular flexibility index (Phi) is 11.0. The molecule has 0 spiro atoms. The molecule has 0 aliphatic rings. The molecule has 0 saturated carbocycles. The van der Waals surface area contributed by atoms with Crippen LogP contribution < -0.4 is 0 Å². The van der Waals surface area contributed by atoms with Crippen molar-refractivity contribution < 1.29 is 20.4 Å². The molecule has 2 aromatic rings. The molecule has 0 unspecified atom stereocenters. The summed E-state index contributed by atoms with van der Waals surface area (Å²) >= 11 is 0. The van der Waals surface area contributed by atoms with Gasteiger partial charge in [0.05, 0.1) is 0 Å². The predicted molar refractivity (Wildman–Crippen MR) is 132 cm³/mol. The summed E-state index contributed by atoms with van der Waals surface area (Å²) in [5.41, 5.74) is 3.09. The maximum Gasteiger partial charge on any atom is 0.122 e. The maximum atomic E-state index is 9.78. The Bertz CT molecular complexity index is 824. The van der Waals surface area contributed by atoms with Gasteiger partial charge in [-0.05, 0) is 101 Å². The molecule has 0 fully saturated rings. The Morgan fingerprint density at radius 2 is 0.812 bits per heavy atom. The molecule has 0 aromatic heterocycles. The van der Waals surface area contributed by atoms with Crippen molar-refractivity contribution in [2.24, 2.45) is 0 Å². The van der Waals surface area contributed by atoms with Gasteiger partial charge in [0, 0.05) is 11.1 Å². The number of unbranched alkanes of at least 4 members (excludes halogenated alkanes) is 8. The Morgan fingerprint density at radius 3 is 1.22 bits per heavy atom. The van der Waals surface area contributed by atoms with Crippen LogP contribution in [0.1, 0.15) is 86.5 Å². The molecule has 0 heterocycles. The Morgan fingerprint density at radius 1 is 0.500 bits per heavy atom. The lowest BCUT2D eigenvalue weighted by Crippen LogP contribution is -1.88. The Hall–Kier alpha value is -2.62. The lowest BCUT2D eigenvalue weighted by molar-refractivity contribution is 0.440. The number of benzene rings is 2. The number of hydrogen-bond acceptors (Lipinski definition) is 4. The molecule has 176 valence electrons. The van der Waals surface area contributed by atoms with Crippen molar-refractivity contribution in [3.05, 3.63) is 58.7 Å². The molecule has 0 saturated heterocycles. The second-order valence-corrected chi connectivity index (χ2v) is 8.90. The molecule has 2 aromatic carbocycles. The van der Waals surface area contributed by atoms with Gasteiger partial charge in [-0.25, -0.2) is 0 Å². The molecule has 0 aliphatic carbocycles. The molecule has 0 radical (unpaired) electrons. The van der Waals surface area contributed by atoms with E-state index < -0.39 is 0 Å². The number of aryl methyl sites for hydroxylation is 2. The van der Waals surface area contributed by atoms with Gasteiger partial charge in [0.1, 0.15) is 23.0 Å². The normalized spacial score (nSPS) is 11.4. The first-order valence-electron chi connectivity index (χ1n) is 12.1. The van der Waals surface area contributed by atoms with Crippen molar-refractivity contribution >= 4 is 0 Å². The van der Waals surface area contributed by atoms with E-state index in [0.717, 1.165) is 56.1 Å². The molecular formula is C28H40O4. The molecule has 4 N–H and O–H groups in total. The summed E-state index contributed by atoms with van der Waals surface area (Å²) < 4.78 is 0. The summed E-state index contributed by atoms with van der Waals surface area (Å²) in [5, 5.41) is 39.1. The van der Waals surface area contributed by atoms with E-state index in [1.165, 1.54) is 32.1 Å². The molecular weight excluding hydrogens is 400 g/mol. The topological polar surface area (TPSA) is 80.9 Å². The third-order valence-corrected chi connectivity index (χ3v) is 6.16. The van der Waals surface area contributed by atoms with E-state index in [4.69, 9.17) is 0 Å². The van der Waals surface area contributed by atoms with Crippen LogP contribution in [-0.4, -0.2) is 20.4 Å². The van der Waals surface area contributed by atoms with Crippen molar-refractivity contribution in [1.82, 2.24) is 0 Å². The third kappa shape index (κ3) is 8.86. The fraction of sp³-hybridized carbons (Fsp3) is 0.500. The highest BCUT2D eigenvalue weighted by Crippen LogP contribution is 2.29. The second kappa shape index (κ2) is 13.7. The summed E-state index contributed by atoms with van der Waals surface area (Å²) in [4.78, 5) is 0. The van der Waals surface area contributed by atoms with E-state index in [-0.39, 0.29) is 23.0 Å². The van der Waals surface area contributed by atoms with Gasteiger partial charge in [-0.1, -0.05) is 37.8 Å². The zero-order valence-corrected chi connectivity index (χ0v) is 19.7. The van der Waals surface area contributed by atoms with E-state index >= 15 is 0 Å². The van der Waals surface area contributed by atoms with Gasteiger partial charge in [-0.3, -0.25) is 0 Å². The zero-order chi connectivity index (χ0) is 23.3. The van der Waals surface area contributed by atoms with Crippen molar-refractivity contribution in [3.8, 4) is 23.0 Å². The average molecular weight is 441 g/mol. The molecule has 0 amide bonds. The van der Waals surface area contributed by atoms with Crippen molar-refractivity contribution in [2.75, 3.05) is 0 Å². The highest BCUT2D eigenvalue weighted by molar-refractivity contribution is 5.46. The van der Waals surface area contributed by atoms with Crippen LogP contribution in [0.5, 0.6) is 23.0 Å². The van der Waals surface area contributed by atoms with E-state index in [0.29, 0.717) is 11.1 Å². The van der Waals surface area contributed by atoms with Crippen molar-refractivity contribution in [1.29, 1.82) is 0 Å². The van der Waals surface area contributed by atoms with Crippen LogP contribution in [0.25, 0.3) is 0 Å². The van der Waals surface area contributed by atoms with Crippen LogP contribution >= 0.6 is 0 Å². The van der Waals surface area contributed by atoms with Gasteiger partial charge >= 0.3 is 0 Å². The molecule has 32 heavy (non-hydrogen) atoms. The monoisotopic (exact) mass is 440 g/mol. The van der Waals surface area contributed by atoms with Gasteiger partial charge in [0.2, 0.25) is 0 Å². The molecule has 2 rings (SSSR count). The quantitative estimate of drug-likeness (QED) is 0.183. The first kappa shape index (κ1) is 25.6. The number of aromatic hydroxyl groups is 4. The van der Waals surface area contributed by atoms with E-state index in [1.54, 1.807) is 38.1 Å². The summed E-state index contributed by atoms with van der Waals surface area (Å²) in [6, 6.07) is 7.04. The second-order valence-electron chi connectivity index (χ2n) is 8.90. The lowest BCUT2D eigenvalue weighted by Gasteiger charge is -2.07. The average Bonchev–Trinajstić information content (AvgIpc) is 2.75. The molecule has 0 aliphatic heterocycles. The van der Waals surface area contributed by atoms with Gasteiger partial charge in [0.15, 0.2) is 0 Å². The number of phenolic OH excluding ortho intramolecular Hbond substituents is 4. The van der Waals surface area contributed by atoms with Crippen LogP contribution in [0.4, 0.5) is 0 Å². The van der Waals surface area contributed by atoms with Crippen LogP contribution in [0, 0.1) is 13.8 Å². The molecule has 0 bridgehead atoms. The van der Waals surface area contributed by atoms with Crippen LogP contribution in [0.3, 0.4) is 0 Å². The summed E-state index contributed by atoms with van der Waals surface area (Å²) in [6.45, 7) is 3.43. The van der Waals surface area contributed by atoms with Gasteiger partial charge in [-0.15, -0.1) is 0 Å². The van der Waals surface area contributed by atoms with E-state index in [2.05, 4.69) is 12.2 Å². The number of rotatable bonds is 14. The summed E-state index contributed by atoms with van der Waals surface area (Å²) in [5.74, 6) is 0.710. The van der Waals surface area contributed by atoms with Crippen LogP contribution in [0.15, 0.2) is 36.4 Å². The summed E-state index contributed by atoms with van der Waals surface area (Å²) in [7, 11) is 0. The minimum Gasteiger partial charge on any atom is -0.508 e. The number of phenols is 4. The van der Waals surface area contributed by atoms with E-state index in [1.807, 2.05) is 0 Å². The van der Waals surface area contributed by atoms with Gasteiger partial charge < -0.3 is 20.4 Å². The number of hydrogen-bond donors (Lipinski definition) is 4. The largest absolute Gasteiger partial charge is 0.508 e. The summed E-state index contributed by atoms with van der Waals surface area (Å²) in [6.07, 6.45) is 18.0. The van der Waals surface area contributed by atoms with Gasteiger partial charge in [0.25, 0.3) is 0 Å². The van der Waals surface area contributed by atoms with Crippen molar-refractivity contribution in [3.63, 3.8) is 0 Å². The first-order chi connectivity index (χ1) is 15.4. The predicted octanol–water partition coefficient (Wildman–Crippen LogP) is 7.37. The molecule has 4 heteroatoms. The minimum absolute atomic E-state index is 0.176. The fourth-order valence-corrected chi connectivity index (χ4v) is 3.90. The maximum absolute atomic E-state index is 9.78. The highest BCUT2D eigenvalue weighted by Gasteiger charge is 2.06. The van der Waals surface area contributed by atoms with E-state index in [9.17, 15) is 20.4 Å². The Balaban J connectivity index is 1.43. The number of allylic oxidation sites excluding steroid dienone is 2. The SMILES string of the molecule is Cc1c(O)cc(CCCCC/C=C\CCCCCCCc2cc(O)c(C)c(O)c2)cc1O. The molecule has 0 atom stereocenters. The van der Waals surface area contributed by atoms with Crippen LogP contribution in [0.2, 0.25) is 0 Å².